The summed E-state index contributed by atoms with van der Waals surface area (Å²) in [5, 5.41) is 41.5. The zero-order chi connectivity index (χ0) is 23.1. The second-order valence-electron chi connectivity index (χ2n) is 9.08. The van der Waals surface area contributed by atoms with Crippen molar-refractivity contribution >= 4 is 17.5 Å². The number of carbonyl (C=O) groups is 3. The highest BCUT2D eigenvalue weighted by atomic mass is 16.5. The van der Waals surface area contributed by atoms with Gasteiger partial charge in [0.15, 0.2) is 11.6 Å². The molecule has 0 aromatic heterocycles. The number of aliphatic hydroxyl groups is 2. The van der Waals surface area contributed by atoms with Crippen molar-refractivity contribution in [1.82, 2.24) is 0 Å². The quantitative estimate of drug-likeness (QED) is 0.537. The van der Waals surface area contributed by atoms with E-state index in [4.69, 9.17) is 14.6 Å². The molecular formula is C23H24O9. The minimum atomic E-state index is -1.85. The maximum Gasteiger partial charge on any atom is 0.305 e. The molecule has 1 aromatic carbocycles. The van der Waals surface area contributed by atoms with E-state index in [1.165, 1.54) is 6.07 Å². The van der Waals surface area contributed by atoms with Gasteiger partial charge in [-0.15, -0.1) is 0 Å². The molecule has 6 atom stereocenters. The van der Waals surface area contributed by atoms with Crippen LogP contribution in [0.15, 0.2) is 17.2 Å². The normalized spacial score (nSPS) is 35.4. The standard InChI is InChI=1S/C23H24O9/c1-8-16-10(3-12(31-8)6-15(25)26)4-13-17(21(16)28)22(29)19-18(20(13)27)14-5-11(7-24)23(19,30)9(2)32-14/h4,8-9,11-12,14,24,28,30H,3,5-7H2,1-2H3,(H,25,26)/t8-,9?,11?,12+,14?,23?/m0/s1. The third-order valence-electron chi connectivity index (χ3n) is 7.34. The summed E-state index contributed by atoms with van der Waals surface area (Å²) in [6.07, 6.45) is -2.72. The Labute approximate surface area is 183 Å². The number of Topliss-reactive ketones (excluding diaryl/α,β-unsaturated/α-hetero) is 2. The van der Waals surface area contributed by atoms with Crippen LogP contribution in [0.5, 0.6) is 5.75 Å². The van der Waals surface area contributed by atoms with Gasteiger partial charge >= 0.3 is 5.97 Å². The Morgan fingerprint density at radius 3 is 2.59 bits per heavy atom. The number of aliphatic hydroxyl groups excluding tert-OH is 1. The van der Waals surface area contributed by atoms with Crippen molar-refractivity contribution in [2.24, 2.45) is 5.92 Å². The van der Waals surface area contributed by atoms with Gasteiger partial charge < -0.3 is 29.9 Å². The van der Waals surface area contributed by atoms with E-state index in [0.717, 1.165) is 0 Å². The molecule has 4 unspecified atom stereocenters. The smallest absolute Gasteiger partial charge is 0.305 e. The molecule has 9 heteroatoms. The number of fused-ring (bicyclic) bond motifs is 4. The first-order valence-corrected chi connectivity index (χ1v) is 10.7. The molecule has 2 bridgehead atoms. The topological polar surface area (TPSA) is 151 Å². The number of carboxylic acids is 1. The van der Waals surface area contributed by atoms with Gasteiger partial charge in [0, 0.05) is 34.8 Å². The predicted molar refractivity (Wildman–Crippen MR) is 108 cm³/mol. The number of ether oxygens (including phenoxy) is 2. The van der Waals surface area contributed by atoms with Crippen LogP contribution in [-0.2, 0) is 20.7 Å². The van der Waals surface area contributed by atoms with Crippen molar-refractivity contribution < 1.29 is 44.3 Å². The zero-order valence-electron chi connectivity index (χ0n) is 17.6. The first kappa shape index (κ1) is 21.3. The average Bonchev–Trinajstić information content (AvgIpc) is 2.71. The van der Waals surface area contributed by atoms with E-state index < -0.39 is 53.5 Å². The third kappa shape index (κ3) is 2.62. The molecule has 32 heavy (non-hydrogen) atoms. The molecule has 9 nitrogen and oxygen atoms in total. The summed E-state index contributed by atoms with van der Waals surface area (Å²) >= 11 is 0. The van der Waals surface area contributed by atoms with Gasteiger partial charge in [-0.1, -0.05) is 0 Å². The van der Waals surface area contributed by atoms with Crippen LogP contribution in [-0.4, -0.2) is 68.5 Å². The highest BCUT2D eigenvalue weighted by Crippen LogP contribution is 2.53. The van der Waals surface area contributed by atoms with Crippen molar-refractivity contribution in [3.8, 4) is 5.75 Å². The molecule has 2 aliphatic carbocycles. The van der Waals surface area contributed by atoms with E-state index in [2.05, 4.69) is 0 Å². The second-order valence-corrected chi connectivity index (χ2v) is 9.08. The Bertz CT molecular complexity index is 1100. The number of aliphatic carboxylic acids is 1. The molecule has 1 aromatic rings. The fourth-order valence-corrected chi connectivity index (χ4v) is 5.93. The molecule has 6 rings (SSSR count). The first-order valence-electron chi connectivity index (χ1n) is 10.7. The number of benzene rings is 1. The number of hydrogen-bond donors (Lipinski definition) is 4. The molecule has 3 aliphatic heterocycles. The third-order valence-corrected chi connectivity index (χ3v) is 7.34. The summed E-state index contributed by atoms with van der Waals surface area (Å²) in [5.74, 6) is -3.25. The second kappa shape index (κ2) is 6.95. The van der Waals surface area contributed by atoms with Crippen LogP contribution in [0.25, 0.3) is 0 Å². The molecular weight excluding hydrogens is 420 g/mol. The molecule has 4 N–H and O–H groups in total. The van der Waals surface area contributed by atoms with Crippen LogP contribution in [0, 0.1) is 5.92 Å². The molecule has 0 amide bonds. The van der Waals surface area contributed by atoms with E-state index in [0.29, 0.717) is 11.1 Å². The maximum atomic E-state index is 13.6. The summed E-state index contributed by atoms with van der Waals surface area (Å²) in [6, 6.07) is 1.53. The molecule has 0 saturated carbocycles. The van der Waals surface area contributed by atoms with E-state index in [1.807, 2.05) is 0 Å². The summed E-state index contributed by atoms with van der Waals surface area (Å²) in [5.41, 5.74) is -1.15. The van der Waals surface area contributed by atoms with Crippen LogP contribution in [0.4, 0.5) is 0 Å². The molecule has 0 spiro atoms. The highest BCUT2D eigenvalue weighted by molar-refractivity contribution is 6.29. The Hall–Kier alpha value is -2.59. The number of hydrogen-bond acceptors (Lipinski definition) is 8. The number of aromatic hydroxyl groups is 1. The fraction of sp³-hybridized carbons (Fsp3) is 0.522. The Morgan fingerprint density at radius 2 is 1.94 bits per heavy atom. The molecule has 3 heterocycles. The Balaban J connectivity index is 1.68. The summed E-state index contributed by atoms with van der Waals surface area (Å²) in [7, 11) is 0. The van der Waals surface area contributed by atoms with Gasteiger partial charge in [0.05, 0.1) is 36.4 Å². The molecule has 1 fully saturated rings. The summed E-state index contributed by atoms with van der Waals surface area (Å²) in [4.78, 5) is 38.3. The molecule has 5 aliphatic rings. The predicted octanol–water partition coefficient (Wildman–Crippen LogP) is 1.08. The average molecular weight is 444 g/mol. The van der Waals surface area contributed by atoms with Crippen LogP contribution in [0.3, 0.4) is 0 Å². The number of rotatable bonds is 3. The lowest BCUT2D eigenvalue weighted by atomic mass is 9.60. The lowest BCUT2D eigenvalue weighted by Crippen LogP contribution is -2.64. The van der Waals surface area contributed by atoms with Crippen LogP contribution in [0.2, 0.25) is 0 Å². The largest absolute Gasteiger partial charge is 0.507 e. The lowest BCUT2D eigenvalue weighted by Gasteiger charge is -2.54. The monoisotopic (exact) mass is 444 g/mol. The van der Waals surface area contributed by atoms with E-state index in [1.54, 1.807) is 13.8 Å². The van der Waals surface area contributed by atoms with Gasteiger partial charge in [0.2, 0.25) is 0 Å². The molecule has 1 saturated heterocycles. The van der Waals surface area contributed by atoms with Gasteiger partial charge in [-0.05, 0) is 38.3 Å². The lowest BCUT2D eigenvalue weighted by molar-refractivity contribution is -0.191. The van der Waals surface area contributed by atoms with Gasteiger partial charge in [0.25, 0.3) is 0 Å². The van der Waals surface area contributed by atoms with Crippen LogP contribution < -0.4 is 0 Å². The number of ketones is 2. The maximum absolute atomic E-state index is 13.6. The van der Waals surface area contributed by atoms with Crippen molar-refractivity contribution in [2.75, 3.05) is 6.61 Å². The van der Waals surface area contributed by atoms with Crippen molar-refractivity contribution in [2.45, 2.75) is 63.1 Å². The molecule has 170 valence electrons. The number of carbonyl (C=O) groups excluding carboxylic acids is 2. The summed E-state index contributed by atoms with van der Waals surface area (Å²) in [6.45, 7) is 2.86. The number of carboxylic acid groups (broad SMARTS) is 1. The number of phenols is 1. The van der Waals surface area contributed by atoms with Gasteiger partial charge in [-0.2, -0.15) is 0 Å². The minimum Gasteiger partial charge on any atom is -0.507 e. The number of phenolic OH excluding ortho intramolecular Hbond substituents is 1. The SMILES string of the molecule is CC1OC2CC(CO)C1(O)C1=C2C(=O)c2cc3c(c(O)c2C1=O)[C@H](C)O[C@@H](CC(=O)O)C3. The van der Waals surface area contributed by atoms with E-state index in [-0.39, 0.29) is 53.9 Å². The van der Waals surface area contributed by atoms with Crippen LogP contribution >= 0.6 is 0 Å². The zero-order valence-corrected chi connectivity index (χ0v) is 17.6. The first-order chi connectivity index (χ1) is 15.1. The van der Waals surface area contributed by atoms with Gasteiger partial charge in [-0.25, -0.2) is 0 Å². The van der Waals surface area contributed by atoms with Gasteiger partial charge in [-0.3, -0.25) is 14.4 Å². The van der Waals surface area contributed by atoms with E-state index >= 15 is 0 Å². The van der Waals surface area contributed by atoms with Gasteiger partial charge in [0.1, 0.15) is 11.4 Å². The summed E-state index contributed by atoms with van der Waals surface area (Å²) < 4.78 is 11.5. The highest BCUT2D eigenvalue weighted by Gasteiger charge is 2.61. The van der Waals surface area contributed by atoms with Crippen molar-refractivity contribution in [3.63, 3.8) is 0 Å². The fourth-order valence-electron chi connectivity index (χ4n) is 5.93. The Morgan fingerprint density at radius 1 is 1.22 bits per heavy atom. The Kier molecular flexibility index (Phi) is 4.62. The van der Waals surface area contributed by atoms with Crippen molar-refractivity contribution in [1.29, 1.82) is 0 Å². The minimum absolute atomic E-state index is 0.0149. The van der Waals surface area contributed by atoms with Crippen LogP contribution in [0.1, 0.15) is 64.6 Å². The van der Waals surface area contributed by atoms with Crippen molar-refractivity contribution in [3.05, 3.63) is 39.5 Å². The molecule has 0 radical (unpaired) electrons. The van der Waals surface area contributed by atoms with E-state index in [9.17, 15) is 29.7 Å².